The zero-order valence-corrected chi connectivity index (χ0v) is 53.0. The van der Waals surface area contributed by atoms with Gasteiger partial charge in [0.2, 0.25) is 5.91 Å². The number of nitrogens with one attached hydrogen (secondary N) is 1. The van der Waals surface area contributed by atoms with Gasteiger partial charge in [-0.2, -0.15) is 0 Å². The van der Waals surface area contributed by atoms with Crippen LogP contribution in [-0.4, -0.2) is 73.4 Å². The number of likely N-dealkylation sites (N-methyl/N-ethyl adjacent to an activating group) is 1. The average molecular weight is 1110 g/mol. The second-order valence-corrected chi connectivity index (χ2v) is 25.3. The number of quaternary nitrogens is 1. The van der Waals surface area contributed by atoms with Crippen molar-refractivity contribution in [3.05, 3.63) is 72.9 Å². The predicted octanol–water partition coefficient (Wildman–Crippen LogP) is 21.0. The van der Waals surface area contributed by atoms with Gasteiger partial charge in [-0.05, 0) is 83.5 Å². The van der Waals surface area contributed by atoms with Crippen molar-refractivity contribution in [3.63, 3.8) is 0 Å². The number of aliphatic hydroxyl groups is 1. The first kappa shape index (κ1) is 75.9. The van der Waals surface area contributed by atoms with Crippen LogP contribution in [-0.2, 0) is 18.4 Å². The van der Waals surface area contributed by atoms with E-state index in [0.717, 1.165) is 57.8 Å². The number of unbranched alkanes of at least 4 members (excludes halogenated alkanes) is 38. The number of hydrogen-bond donors (Lipinski definition) is 3. The van der Waals surface area contributed by atoms with Gasteiger partial charge in [-0.1, -0.05) is 292 Å². The number of hydrogen-bond acceptors (Lipinski definition) is 5. The normalized spacial score (nSPS) is 14.2. The van der Waals surface area contributed by atoms with Crippen molar-refractivity contribution in [2.45, 2.75) is 321 Å². The maximum atomic E-state index is 13.0. The molecule has 0 aliphatic rings. The summed E-state index contributed by atoms with van der Waals surface area (Å²) < 4.78 is 23.8. The van der Waals surface area contributed by atoms with Crippen molar-refractivity contribution >= 4 is 13.7 Å². The van der Waals surface area contributed by atoms with E-state index in [1.807, 2.05) is 27.2 Å². The Morgan fingerprint density at radius 2 is 0.744 bits per heavy atom. The molecule has 1 amide bonds. The summed E-state index contributed by atoms with van der Waals surface area (Å²) in [7, 11) is 1.55. The highest BCUT2D eigenvalue weighted by atomic mass is 31.2. The lowest BCUT2D eigenvalue weighted by Crippen LogP contribution is -2.45. The Labute approximate surface area is 484 Å². The third-order valence-electron chi connectivity index (χ3n) is 14.9. The number of allylic oxidation sites excluding steroid dienone is 11. The number of carbonyl (C=O) groups is 1. The van der Waals surface area contributed by atoms with Crippen LogP contribution in [0.1, 0.15) is 309 Å². The SMILES string of the molecule is CCCCCCC/C=C\C/C=C\C/C=C\CCCCCCCCCCCCCCC(=O)NC(COP(=O)(O)OCC[N+](C)(C)C)C(O)/C=C/CC/C=C/CC/C=C/CCCCCCCCCCCCCCCCCCCCC. The molecule has 0 rings (SSSR count). The van der Waals surface area contributed by atoms with Crippen molar-refractivity contribution in [3.8, 4) is 0 Å². The average Bonchev–Trinajstić information content (AvgIpc) is 3.41. The van der Waals surface area contributed by atoms with E-state index in [1.54, 1.807) is 6.08 Å². The number of phosphoric ester groups is 1. The fraction of sp³-hybridized carbons (Fsp3) is 0.812. The van der Waals surface area contributed by atoms with E-state index < -0.39 is 20.0 Å². The van der Waals surface area contributed by atoms with E-state index in [0.29, 0.717) is 17.4 Å². The van der Waals surface area contributed by atoms with Crippen molar-refractivity contribution in [1.82, 2.24) is 5.32 Å². The summed E-state index contributed by atoms with van der Waals surface area (Å²) in [6.45, 7) is 4.80. The number of rotatable bonds is 61. The Kier molecular flexibility index (Phi) is 58.0. The molecule has 3 N–H and O–H groups in total. The molecule has 3 atom stereocenters. The maximum absolute atomic E-state index is 13.0. The summed E-state index contributed by atoms with van der Waals surface area (Å²) in [5.74, 6) is -0.192. The first-order valence-corrected chi connectivity index (χ1v) is 34.8. The van der Waals surface area contributed by atoms with Gasteiger partial charge in [-0.15, -0.1) is 0 Å². The molecule has 3 unspecified atom stereocenters. The van der Waals surface area contributed by atoms with Gasteiger partial charge in [-0.3, -0.25) is 13.8 Å². The minimum absolute atomic E-state index is 0.0510. The third-order valence-corrected chi connectivity index (χ3v) is 15.9. The highest BCUT2D eigenvalue weighted by Crippen LogP contribution is 2.43. The van der Waals surface area contributed by atoms with Crippen LogP contribution in [0.5, 0.6) is 0 Å². The molecule has 0 radical (unpaired) electrons. The first-order chi connectivity index (χ1) is 38.0. The molecule has 0 aromatic carbocycles. The van der Waals surface area contributed by atoms with Crippen molar-refractivity contribution < 1.29 is 32.9 Å². The van der Waals surface area contributed by atoms with Crippen molar-refractivity contribution in [2.24, 2.45) is 0 Å². The fourth-order valence-corrected chi connectivity index (χ4v) is 10.4. The van der Waals surface area contributed by atoms with Gasteiger partial charge < -0.3 is 19.8 Å². The maximum Gasteiger partial charge on any atom is 0.472 e. The molecule has 0 spiro atoms. The van der Waals surface area contributed by atoms with E-state index in [9.17, 15) is 19.4 Å². The smallest absolute Gasteiger partial charge is 0.387 e. The second kappa shape index (κ2) is 59.6. The van der Waals surface area contributed by atoms with E-state index in [1.165, 1.54) is 231 Å². The van der Waals surface area contributed by atoms with Gasteiger partial charge in [0.15, 0.2) is 0 Å². The van der Waals surface area contributed by atoms with Crippen molar-refractivity contribution in [1.29, 1.82) is 0 Å². The topological polar surface area (TPSA) is 105 Å². The fourth-order valence-electron chi connectivity index (χ4n) is 9.67. The van der Waals surface area contributed by atoms with Crippen LogP contribution >= 0.6 is 7.82 Å². The largest absolute Gasteiger partial charge is 0.472 e. The molecule has 0 aromatic rings. The molecule has 0 saturated carbocycles. The molecule has 0 fully saturated rings. The van der Waals surface area contributed by atoms with Gasteiger partial charge in [0.25, 0.3) is 0 Å². The van der Waals surface area contributed by atoms with Crippen LogP contribution < -0.4 is 5.32 Å². The molecule has 456 valence electrons. The Morgan fingerprint density at radius 3 is 1.12 bits per heavy atom. The van der Waals surface area contributed by atoms with Crippen LogP contribution in [0.3, 0.4) is 0 Å². The van der Waals surface area contributed by atoms with Gasteiger partial charge in [-0.25, -0.2) is 4.57 Å². The third kappa shape index (κ3) is 61.6. The minimum Gasteiger partial charge on any atom is -0.387 e. The molecule has 0 aliphatic carbocycles. The second-order valence-electron chi connectivity index (χ2n) is 23.8. The highest BCUT2D eigenvalue weighted by Gasteiger charge is 2.28. The van der Waals surface area contributed by atoms with Crippen LogP contribution in [0.4, 0.5) is 0 Å². The Bertz CT molecular complexity index is 1500. The Hall–Kier alpha value is -2.06. The minimum atomic E-state index is -4.37. The van der Waals surface area contributed by atoms with Gasteiger partial charge >= 0.3 is 7.82 Å². The van der Waals surface area contributed by atoms with Crippen LogP contribution in [0, 0.1) is 0 Å². The number of phosphoric acid groups is 1. The molecule has 9 heteroatoms. The molecule has 0 aromatic heterocycles. The van der Waals surface area contributed by atoms with Gasteiger partial charge in [0.1, 0.15) is 13.2 Å². The Morgan fingerprint density at radius 1 is 0.436 bits per heavy atom. The summed E-state index contributed by atoms with van der Waals surface area (Å²) in [4.78, 5) is 23.4. The summed E-state index contributed by atoms with van der Waals surface area (Å²) in [6, 6.07) is -0.876. The lowest BCUT2D eigenvalue weighted by Gasteiger charge is -2.25. The molecule has 0 bridgehead atoms. The predicted molar refractivity (Wildman–Crippen MR) is 341 cm³/mol. The lowest BCUT2D eigenvalue weighted by atomic mass is 10.0. The number of aliphatic hydroxyl groups excluding tert-OH is 1. The van der Waals surface area contributed by atoms with E-state index in [4.69, 9.17) is 9.05 Å². The lowest BCUT2D eigenvalue weighted by molar-refractivity contribution is -0.870. The summed E-state index contributed by atoms with van der Waals surface area (Å²) >= 11 is 0. The molecule has 0 saturated heterocycles. The van der Waals surface area contributed by atoms with Crippen LogP contribution in [0.25, 0.3) is 0 Å². The van der Waals surface area contributed by atoms with Gasteiger partial charge in [0, 0.05) is 6.42 Å². The number of amides is 1. The first-order valence-electron chi connectivity index (χ1n) is 33.3. The van der Waals surface area contributed by atoms with E-state index in [2.05, 4.69) is 79.9 Å². The van der Waals surface area contributed by atoms with Crippen LogP contribution in [0.15, 0.2) is 72.9 Å². The Balaban J connectivity index is 4.19. The molecular weight excluding hydrogens is 984 g/mol. The van der Waals surface area contributed by atoms with E-state index >= 15 is 0 Å². The molecule has 8 nitrogen and oxygen atoms in total. The standard InChI is InChI=1S/C69H129N2O6P/c1-6-8-10-12-14-16-18-20-22-24-26-28-30-32-34-35-37-38-40-42-44-46-48-50-52-54-56-58-60-62-68(72)67(66-77-78(74,75)76-65-64-71(3,4)5)70-69(73)63-61-59-57-55-53-51-49-47-45-43-41-39-36-33-31-29-27-25-23-21-19-17-15-13-11-9-7-2/h19,21,25,27,31,33,44,46,52,54,60,62,67-68,72H,6-18,20,22-24,26,28-30,32,34-43,45,47-51,53,55-59,61,63-66H2,1-5H3,(H-,70,73,74,75)/p+1/b21-19-,27-25-,33-31-,46-44+,54-52+,62-60+. The molecule has 0 aliphatic heterocycles. The molecule has 0 heterocycles. The van der Waals surface area contributed by atoms with Crippen molar-refractivity contribution in [2.75, 3.05) is 40.9 Å². The molecule has 78 heavy (non-hydrogen) atoms. The monoisotopic (exact) mass is 1110 g/mol. The van der Waals surface area contributed by atoms with Gasteiger partial charge in [0.05, 0.1) is 39.9 Å². The number of nitrogens with zero attached hydrogens (tertiary/aromatic N) is 1. The summed E-state index contributed by atoms with van der Waals surface area (Å²) in [6.07, 6.45) is 83.2. The zero-order chi connectivity index (χ0) is 57.0. The van der Waals surface area contributed by atoms with Crippen LogP contribution in [0.2, 0.25) is 0 Å². The quantitative estimate of drug-likeness (QED) is 0.0243. The highest BCUT2D eigenvalue weighted by molar-refractivity contribution is 7.47. The zero-order valence-electron chi connectivity index (χ0n) is 52.2. The van der Waals surface area contributed by atoms with E-state index in [-0.39, 0.29) is 19.1 Å². The number of carbonyl (C=O) groups excluding carboxylic acids is 1. The summed E-state index contributed by atoms with van der Waals surface area (Å²) in [5.41, 5.74) is 0. The summed E-state index contributed by atoms with van der Waals surface area (Å²) in [5, 5.41) is 14.0. The molecular formula is C69H130N2O6P+.